The number of nitriles is 1. The van der Waals surface area contributed by atoms with Crippen molar-refractivity contribution in [1.29, 1.82) is 5.26 Å². The van der Waals surface area contributed by atoms with Crippen LogP contribution in [0.4, 0.5) is 11.8 Å². The summed E-state index contributed by atoms with van der Waals surface area (Å²) in [5.41, 5.74) is 14.7. The van der Waals surface area contributed by atoms with Gasteiger partial charge < -0.3 is 20.9 Å². The lowest BCUT2D eigenvalue weighted by Crippen LogP contribution is -2.05. The number of aromatic nitrogens is 2. The van der Waals surface area contributed by atoms with Gasteiger partial charge in [0, 0.05) is 11.1 Å². The highest BCUT2D eigenvalue weighted by Gasteiger charge is 2.15. The topological polar surface area (TPSA) is 120 Å². The van der Waals surface area contributed by atoms with Crippen LogP contribution in [0.2, 0.25) is 0 Å². The van der Waals surface area contributed by atoms with Crippen molar-refractivity contribution < 1.29 is 9.47 Å². The maximum absolute atomic E-state index is 9.40. The number of rotatable bonds is 5. The quantitative estimate of drug-likeness (QED) is 0.716. The molecule has 136 valence electrons. The summed E-state index contributed by atoms with van der Waals surface area (Å²) in [6.45, 7) is 2.31. The van der Waals surface area contributed by atoms with E-state index in [0.717, 1.165) is 16.9 Å². The first-order valence-corrected chi connectivity index (χ1v) is 8.21. The molecule has 0 bridgehead atoms. The lowest BCUT2D eigenvalue weighted by atomic mass is 10.0. The fourth-order valence-electron chi connectivity index (χ4n) is 2.65. The molecule has 4 N–H and O–H groups in total. The minimum Gasteiger partial charge on any atom is -0.496 e. The highest BCUT2D eigenvalue weighted by molar-refractivity contribution is 5.74. The van der Waals surface area contributed by atoms with Gasteiger partial charge in [-0.15, -0.1) is 0 Å². The van der Waals surface area contributed by atoms with E-state index in [-0.39, 0.29) is 23.9 Å². The van der Waals surface area contributed by atoms with E-state index >= 15 is 0 Å². The van der Waals surface area contributed by atoms with E-state index in [1.54, 1.807) is 19.2 Å². The molecule has 27 heavy (non-hydrogen) atoms. The first-order chi connectivity index (χ1) is 13.0. The van der Waals surface area contributed by atoms with Gasteiger partial charge in [0.2, 0.25) is 5.95 Å². The third-order valence-corrected chi connectivity index (χ3v) is 4.04. The van der Waals surface area contributed by atoms with Crippen LogP contribution in [0.25, 0.3) is 11.3 Å². The Morgan fingerprint density at radius 1 is 1.07 bits per heavy atom. The smallest absolute Gasteiger partial charge is 0.222 e. The molecule has 0 unspecified atom stereocenters. The fraction of sp³-hybridized carbons (Fsp3) is 0.150. The summed E-state index contributed by atoms with van der Waals surface area (Å²) in [7, 11) is 1.59. The first-order valence-electron chi connectivity index (χ1n) is 8.21. The molecule has 0 saturated carbocycles. The minimum atomic E-state index is 0.00905. The van der Waals surface area contributed by atoms with Crippen molar-refractivity contribution in [3.8, 4) is 28.8 Å². The van der Waals surface area contributed by atoms with E-state index in [0.29, 0.717) is 17.0 Å². The second-order valence-electron chi connectivity index (χ2n) is 5.93. The van der Waals surface area contributed by atoms with E-state index < -0.39 is 0 Å². The number of nitrogens with zero attached hydrogens (tertiary/aromatic N) is 3. The summed E-state index contributed by atoms with van der Waals surface area (Å²) in [6.07, 6.45) is 0. The average molecular weight is 361 g/mol. The van der Waals surface area contributed by atoms with Crippen LogP contribution in [0.3, 0.4) is 0 Å². The van der Waals surface area contributed by atoms with Gasteiger partial charge in [0.25, 0.3) is 0 Å². The maximum atomic E-state index is 9.40. The zero-order valence-corrected chi connectivity index (χ0v) is 15.1. The van der Waals surface area contributed by atoms with E-state index in [1.807, 2.05) is 43.3 Å². The predicted octanol–water partition coefficient (Wildman–Crippen LogP) is 3.08. The number of hydrogen-bond donors (Lipinski definition) is 2. The molecule has 0 fully saturated rings. The Hall–Kier alpha value is -3.79. The molecular formula is C20H19N5O2. The third kappa shape index (κ3) is 3.90. The summed E-state index contributed by atoms with van der Waals surface area (Å²) in [6, 6.07) is 15.2. The number of anilines is 2. The summed E-state index contributed by atoms with van der Waals surface area (Å²) in [4.78, 5) is 8.02. The van der Waals surface area contributed by atoms with Gasteiger partial charge in [-0.2, -0.15) is 10.2 Å². The molecular weight excluding hydrogens is 342 g/mol. The largest absolute Gasteiger partial charge is 0.496 e. The van der Waals surface area contributed by atoms with Crippen LogP contribution in [-0.2, 0) is 6.61 Å². The zero-order chi connectivity index (χ0) is 19.4. The summed E-state index contributed by atoms with van der Waals surface area (Å²) >= 11 is 0. The van der Waals surface area contributed by atoms with Crippen molar-refractivity contribution >= 4 is 11.8 Å². The van der Waals surface area contributed by atoms with Gasteiger partial charge >= 0.3 is 0 Å². The van der Waals surface area contributed by atoms with Gasteiger partial charge in [-0.1, -0.05) is 17.7 Å². The van der Waals surface area contributed by atoms with Crippen LogP contribution in [0, 0.1) is 18.3 Å². The Kier molecular flexibility index (Phi) is 5.08. The van der Waals surface area contributed by atoms with Crippen molar-refractivity contribution in [3.63, 3.8) is 0 Å². The SMILES string of the molecule is COc1ccc(-c2nc(N)nc(N)c2C#N)cc1COc1ccc(C)cc1. The number of nitrogens with two attached hydrogens (primary N) is 2. The number of hydrogen-bond acceptors (Lipinski definition) is 7. The number of ether oxygens (including phenoxy) is 2. The van der Waals surface area contributed by atoms with E-state index in [1.165, 1.54) is 0 Å². The van der Waals surface area contributed by atoms with Crippen molar-refractivity contribution in [3.05, 3.63) is 59.2 Å². The van der Waals surface area contributed by atoms with Gasteiger partial charge in [-0.25, -0.2) is 4.98 Å². The molecule has 0 aliphatic carbocycles. The number of benzene rings is 2. The van der Waals surface area contributed by atoms with Crippen LogP contribution in [0.1, 0.15) is 16.7 Å². The van der Waals surface area contributed by atoms with Crippen LogP contribution in [0.5, 0.6) is 11.5 Å². The molecule has 0 saturated heterocycles. The molecule has 1 heterocycles. The van der Waals surface area contributed by atoms with Crippen molar-refractivity contribution in [2.75, 3.05) is 18.6 Å². The Labute approximate surface area is 157 Å². The fourth-order valence-corrected chi connectivity index (χ4v) is 2.65. The Morgan fingerprint density at radius 2 is 1.81 bits per heavy atom. The first kappa shape index (κ1) is 18.0. The van der Waals surface area contributed by atoms with Gasteiger partial charge in [-0.3, -0.25) is 0 Å². The van der Waals surface area contributed by atoms with Crippen LogP contribution < -0.4 is 20.9 Å². The third-order valence-electron chi connectivity index (χ3n) is 4.04. The summed E-state index contributed by atoms with van der Waals surface area (Å²) in [5, 5.41) is 9.40. The molecule has 0 atom stereocenters. The lowest BCUT2D eigenvalue weighted by Gasteiger charge is -2.13. The second-order valence-corrected chi connectivity index (χ2v) is 5.93. The van der Waals surface area contributed by atoms with E-state index in [9.17, 15) is 5.26 Å². The molecule has 0 aliphatic rings. The van der Waals surface area contributed by atoms with E-state index in [2.05, 4.69) is 9.97 Å². The molecule has 7 heteroatoms. The monoisotopic (exact) mass is 361 g/mol. The number of aryl methyl sites for hydroxylation is 1. The van der Waals surface area contributed by atoms with Gasteiger partial charge in [-0.05, 0) is 37.3 Å². The predicted molar refractivity (Wildman–Crippen MR) is 103 cm³/mol. The molecule has 3 rings (SSSR count). The average Bonchev–Trinajstić information content (AvgIpc) is 2.66. The highest BCUT2D eigenvalue weighted by Crippen LogP contribution is 2.30. The normalized spacial score (nSPS) is 10.3. The Morgan fingerprint density at radius 3 is 2.48 bits per heavy atom. The van der Waals surface area contributed by atoms with Gasteiger partial charge in [0.15, 0.2) is 0 Å². The lowest BCUT2D eigenvalue weighted by molar-refractivity contribution is 0.296. The number of nitrogen functional groups attached to an aromatic ring is 2. The standard InChI is InChI=1S/C20H19N5O2/c1-12-3-6-15(7-4-12)27-11-14-9-13(5-8-17(14)26-2)18-16(10-21)19(22)25-20(23)24-18/h3-9H,11H2,1-2H3,(H4,22,23,24,25). The molecule has 3 aromatic rings. The van der Waals surface area contributed by atoms with Crippen LogP contribution in [-0.4, -0.2) is 17.1 Å². The summed E-state index contributed by atoms with van der Waals surface area (Å²) in [5.74, 6) is 1.48. The highest BCUT2D eigenvalue weighted by atomic mass is 16.5. The Bertz CT molecular complexity index is 1010. The molecule has 0 aliphatic heterocycles. The molecule has 0 radical (unpaired) electrons. The molecule has 0 spiro atoms. The van der Waals surface area contributed by atoms with Gasteiger partial charge in [0.05, 0.1) is 12.8 Å². The van der Waals surface area contributed by atoms with Crippen LogP contribution in [0.15, 0.2) is 42.5 Å². The number of methoxy groups -OCH3 is 1. The van der Waals surface area contributed by atoms with Gasteiger partial charge in [0.1, 0.15) is 35.6 Å². The molecule has 7 nitrogen and oxygen atoms in total. The molecule has 0 amide bonds. The summed E-state index contributed by atoms with van der Waals surface area (Å²) < 4.78 is 11.3. The van der Waals surface area contributed by atoms with E-state index in [4.69, 9.17) is 20.9 Å². The minimum absolute atomic E-state index is 0.00905. The second kappa shape index (κ2) is 7.62. The maximum Gasteiger partial charge on any atom is 0.222 e. The van der Waals surface area contributed by atoms with Crippen LogP contribution >= 0.6 is 0 Å². The van der Waals surface area contributed by atoms with Crippen molar-refractivity contribution in [1.82, 2.24) is 9.97 Å². The van der Waals surface area contributed by atoms with Crippen molar-refractivity contribution in [2.24, 2.45) is 0 Å². The zero-order valence-electron chi connectivity index (χ0n) is 15.1. The molecule has 1 aromatic heterocycles. The molecule has 2 aromatic carbocycles. The van der Waals surface area contributed by atoms with Crippen molar-refractivity contribution in [2.45, 2.75) is 13.5 Å². The Balaban J connectivity index is 1.97.